The second-order valence-corrected chi connectivity index (χ2v) is 5.55. The van der Waals surface area contributed by atoms with Crippen molar-refractivity contribution in [2.45, 2.75) is 31.9 Å². The number of ether oxygens (including phenoxy) is 1. The summed E-state index contributed by atoms with van der Waals surface area (Å²) in [6, 6.07) is -1.48. The van der Waals surface area contributed by atoms with Gasteiger partial charge in [-0.1, -0.05) is 6.92 Å². The van der Waals surface area contributed by atoms with Crippen LogP contribution >= 0.6 is 7.82 Å². The normalized spacial score (nSPS) is 16.8. The first-order valence-electron chi connectivity index (χ1n) is 6.12. The summed E-state index contributed by atoms with van der Waals surface area (Å²) < 4.78 is 24.7. The lowest BCUT2D eigenvalue weighted by Gasteiger charge is -2.16. The second-order valence-electron chi connectivity index (χ2n) is 4.09. The Morgan fingerprint density at radius 2 is 1.81 bits per heavy atom. The molecule has 124 valence electrons. The van der Waals surface area contributed by atoms with Crippen LogP contribution in [0.15, 0.2) is 0 Å². The zero-order valence-corrected chi connectivity index (χ0v) is 12.4. The Bertz CT molecular complexity index is 389. The van der Waals surface area contributed by atoms with Crippen LogP contribution in [0.1, 0.15) is 19.8 Å². The van der Waals surface area contributed by atoms with Gasteiger partial charge >= 0.3 is 19.8 Å². The molecule has 3 atom stereocenters. The van der Waals surface area contributed by atoms with Gasteiger partial charge in [0, 0.05) is 6.42 Å². The molecule has 0 aliphatic heterocycles. The summed E-state index contributed by atoms with van der Waals surface area (Å²) in [5.41, 5.74) is 5.07. The van der Waals surface area contributed by atoms with E-state index in [4.69, 9.17) is 10.8 Å². The summed E-state index contributed by atoms with van der Waals surface area (Å²) in [4.78, 5) is 30.6. The molecule has 10 nitrogen and oxygen atoms in total. The number of esters is 1. The average molecular weight is 329 g/mol. The molecule has 0 aliphatic carbocycles. The highest BCUT2D eigenvalue weighted by molar-refractivity contribution is 7.47. The molecule has 0 saturated carbocycles. The third kappa shape index (κ3) is 10.4. The maximum Gasteiger partial charge on any atom is 0.472 e. The summed E-state index contributed by atoms with van der Waals surface area (Å²) in [7, 11) is -4.54. The Morgan fingerprint density at radius 3 is 2.33 bits per heavy atom. The molecule has 0 saturated heterocycles. The molecule has 0 fully saturated rings. The van der Waals surface area contributed by atoms with E-state index in [0.717, 1.165) is 0 Å². The lowest BCUT2D eigenvalue weighted by Crippen LogP contribution is -2.34. The minimum atomic E-state index is -4.54. The number of aliphatic carboxylic acids is 1. The maximum atomic E-state index is 11.3. The van der Waals surface area contributed by atoms with Gasteiger partial charge < -0.3 is 25.6 Å². The number of nitrogens with two attached hydrogens (primary N) is 1. The Labute approximate surface area is 121 Å². The van der Waals surface area contributed by atoms with Gasteiger partial charge in [0.15, 0.2) is 0 Å². The summed E-state index contributed by atoms with van der Waals surface area (Å²) in [6.07, 6.45) is -0.528. The molecule has 0 amide bonds. The molecule has 0 aliphatic rings. The number of aliphatic hydroxyl groups is 1. The van der Waals surface area contributed by atoms with E-state index in [0.29, 0.717) is 6.42 Å². The minimum Gasteiger partial charge on any atom is -0.480 e. The van der Waals surface area contributed by atoms with E-state index in [1.165, 1.54) is 0 Å². The van der Waals surface area contributed by atoms with Crippen LogP contribution < -0.4 is 5.73 Å². The molecule has 0 radical (unpaired) electrons. The lowest BCUT2D eigenvalue weighted by molar-refractivity contribution is -0.147. The quantitative estimate of drug-likeness (QED) is 0.279. The van der Waals surface area contributed by atoms with Crippen molar-refractivity contribution in [1.82, 2.24) is 0 Å². The Balaban J connectivity index is 3.98. The van der Waals surface area contributed by atoms with Crippen molar-refractivity contribution in [3.8, 4) is 0 Å². The third-order valence-corrected chi connectivity index (χ3v) is 3.01. The number of rotatable bonds is 11. The SMILES string of the molecule is CCCC(=O)OCC(O)COP(=O)(O)OCC(N)C(=O)O. The largest absolute Gasteiger partial charge is 0.480 e. The Morgan fingerprint density at radius 1 is 1.24 bits per heavy atom. The third-order valence-electron chi connectivity index (χ3n) is 2.06. The minimum absolute atomic E-state index is 0.197. The van der Waals surface area contributed by atoms with Gasteiger partial charge in [-0.15, -0.1) is 0 Å². The number of carboxylic acids is 1. The van der Waals surface area contributed by atoms with E-state index in [9.17, 15) is 24.2 Å². The van der Waals surface area contributed by atoms with Gasteiger partial charge in [-0.25, -0.2) is 4.57 Å². The van der Waals surface area contributed by atoms with Crippen LogP contribution in [-0.2, 0) is 27.9 Å². The monoisotopic (exact) mass is 329 g/mol. The van der Waals surface area contributed by atoms with Crippen LogP contribution in [-0.4, -0.2) is 59.0 Å². The molecule has 0 rings (SSSR count). The molecular weight excluding hydrogens is 309 g/mol. The van der Waals surface area contributed by atoms with Gasteiger partial charge in [0.05, 0.1) is 13.2 Å². The van der Waals surface area contributed by atoms with Gasteiger partial charge in [-0.3, -0.25) is 18.6 Å². The zero-order chi connectivity index (χ0) is 16.5. The maximum absolute atomic E-state index is 11.3. The fraction of sp³-hybridized carbons (Fsp3) is 0.800. The van der Waals surface area contributed by atoms with Crippen LogP contribution in [0.25, 0.3) is 0 Å². The summed E-state index contributed by atoms with van der Waals surface area (Å²) in [5.74, 6) is -1.91. The number of phosphoric ester groups is 1. The van der Waals surface area contributed by atoms with E-state index in [1.54, 1.807) is 6.92 Å². The van der Waals surface area contributed by atoms with E-state index < -0.39 is 51.7 Å². The van der Waals surface area contributed by atoms with E-state index >= 15 is 0 Å². The fourth-order valence-electron chi connectivity index (χ4n) is 0.977. The molecular formula is C10H20NO9P. The zero-order valence-electron chi connectivity index (χ0n) is 11.5. The lowest BCUT2D eigenvalue weighted by atomic mass is 10.3. The molecule has 0 bridgehead atoms. The highest BCUT2D eigenvalue weighted by atomic mass is 31.2. The molecule has 0 aromatic carbocycles. The number of carbonyl (C=O) groups excluding carboxylic acids is 1. The molecule has 21 heavy (non-hydrogen) atoms. The van der Waals surface area contributed by atoms with Crippen LogP contribution in [0.5, 0.6) is 0 Å². The highest BCUT2D eigenvalue weighted by Crippen LogP contribution is 2.43. The standard InChI is InChI=1S/C10H20NO9P/c1-2-3-9(13)18-4-7(12)5-19-21(16,17)20-6-8(11)10(14)15/h7-8,12H,2-6,11H2,1H3,(H,14,15)(H,16,17). The molecule has 0 heterocycles. The van der Waals surface area contributed by atoms with Crippen LogP contribution in [0, 0.1) is 0 Å². The molecule has 5 N–H and O–H groups in total. The summed E-state index contributed by atoms with van der Waals surface area (Å²) >= 11 is 0. The van der Waals surface area contributed by atoms with Gasteiger partial charge in [-0.05, 0) is 6.42 Å². The average Bonchev–Trinajstić information content (AvgIpc) is 2.40. The predicted molar refractivity (Wildman–Crippen MR) is 69.2 cm³/mol. The highest BCUT2D eigenvalue weighted by Gasteiger charge is 2.25. The fourth-order valence-corrected chi connectivity index (χ4v) is 1.76. The van der Waals surface area contributed by atoms with E-state index in [1.807, 2.05) is 0 Å². The van der Waals surface area contributed by atoms with Crippen LogP contribution in [0.2, 0.25) is 0 Å². The van der Waals surface area contributed by atoms with Crippen molar-refractivity contribution in [2.75, 3.05) is 19.8 Å². The van der Waals surface area contributed by atoms with Gasteiger partial charge in [0.1, 0.15) is 18.8 Å². The number of carboxylic acid groups (broad SMARTS) is 1. The smallest absolute Gasteiger partial charge is 0.472 e. The summed E-state index contributed by atoms with van der Waals surface area (Å²) in [5, 5.41) is 17.8. The van der Waals surface area contributed by atoms with Crippen molar-refractivity contribution in [1.29, 1.82) is 0 Å². The van der Waals surface area contributed by atoms with Gasteiger partial charge in [0.25, 0.3) is 0 Å². The number of carbonyl (C=O) groups is 2. The molecule has 0 aromatic rings. The predicted octanol–water partition coefficient (Wildman–Crippen LogP) is -0.764. The van der Waals surface area contributed by atoms with Crippen molar-refractivity contribution in [2.24, 2.45) is 5.73 Å². The second kappa shape index (κ2) is 9.82. The van der Waals surface area contributed by atoms with Crippen molar-refractivity contribution >= 4 is 19.8 Å². The number of hydrogen-bond donors (Lipinski definition) is 4. The topological polar surface area (TPSA) is 166 Å². The van der Waals surface area contributed by atoms with Crippen molar-refractivity contribution in [3.05, 3.63) is 0 Å². The summed E-state index contributed by atoms with van der Waals surface area (Å²) in [6.45, 7) is 0.0235. The number of hydrogen-bond acceptors (Lipinski definition) is 8. The first kappa shape index (κ1) is 20.0. The van der Waals surface area contributed by atoms with Crippen LogP contribution in [0.3, 0.4) is 0 Å². The molecule has 3 unspecified atom stereocenters. The Kier molecular flexibility index (Phi) is 9.34. The Hall–Kier alpha value is -1.03. The van der Waals surface area contributed by atoms with E-state index in [-0.39, 0.29) is 6.42 Å². The molecule has 0 spiro atoms. The van der Waals surface area contributed by atoms with Gasteiger partial charge in [0.2, 0.25) is 0 Å². The molecule has 11 heteroatoms. The molecule has 0 aromatic heterocycles. The number of phosphoric acid groups is 1. The van der Waals surface area contributed by atoms with Crippen molar-refractivity contribution < 1.29 is 43.0 Å². The first-order valence-corrected chi connectivity index (χ1v) is 7.61. The first-order chi connectivity index (χ1) is 9.68. The van der Waals surface area contributed by atoms with E-state index in [2.05, 4.69) is 13.8 Å². The number of aliphatic hydroxyl groups excluding tert-OH is 1. The van der Waals surface area contributed by atoms with Gasteiger partial charge in [-0.2, -0.15) is 0 Å². The van der Waals surface area contributed by atoms with Crippen LogP contribution in [0.4, 0.5) is 0 Å². The van der Waals surface area contributed by atoms with Crippen molar-refractivity contribution in [3.63, 3.8) is 0 Å².